The molecule has 19 heavy (non-hydrogen) atoms. The lowest BCUT2D eigenvalue weighted by Gasteiger charge is -2.26. The molecule has 0 radical (unpaired) electrons. The van der Waals surface area contributed by atoms with Gasteiger partial charge in [0.05, 0.1) is 12.3 Å². The van der Waals surface area contributed by atoms with E-state index in [4.69, 9.17) is 10.5 Å². The molecular formula is C15H27N3O. The van der Waals surface area contributed by atoms with E-state index >= 15 is 0 Å². The molecule has 4 heteroatoms. The summed E-state index contributed by atoms with van der Waals surface area (Å²) in [5.74, 6) is 1.78. The molecule has 1 aromatic rings. The third-order valence-electron chi connectivity index (χ3n) is 2.78. The molecule has 0 aliphatic carbocycles. The van der Waals surface area contributed by atoms with Crippen molar-refractivity contribution in [2.75, 3.05) is 17.7 Å². The van der Waals surface area contributed by atoms with Crippen LogP contribution < -0.4 is 15.8 Å². The minimum atomic E-state index is 0.0210. The Balaban J connectivity index is 2.78. The first-order chi connectivity index (χ1) is 8.84. The Morgan fingerprint density at radius 3 is 2.63 bits per heavy atom. The highest BCUT2D eigenvalue weighted by molar-refractivity contribution is 5.54. The summed E-state index contributed by atoms with van der Waals surface area (Å²) in [6.07, 6.45) is 2.22. The Hall–Kier alpha value is -1.45. The molecule has 4 nitrogen and oxygen atoms in total. The molecule has 3 N–H and O–H groups in total. The summed E-state index contributed by atoms with van der Waals surface area (Å²) in [4.78, 5) is 4.45. The third kappa shape index (κ3) is 5.37. The number of nitrogen functional groups attached to an aromatic ring is 1. The number of nitrogens with zero attached hydrogens (tertiary/aromatic N) is 1. The van der Waals surface area contributed by atoms with Gasteiger partial charge in [0.2, 0.25) is 5.88 Å². The first kappa shape index (κ1) is 15.6. The largest absolute Gasteiger partial charge is 0.476 e. The smallest absolute Gasteiger partial charge is 0.239 e. The van der Waals surface area contributed by atoms with Crippen LogP contribution >= 0.6 is 0 Å². The second-order valence-electron chi connectivity index (χ2n) is 6.05. The molecule has 0 spiro atoms. The summed E-state index contributed by atoms with van der Waals surface area (Å²) in [6, 6.07) is 3.74. The van der Waals surface area contributed by atoms with Crippen LogP contribution in [0.4, 0.5) is 11.5 Å². The molecular weight excluding hydrogens is 238 g/mol. The Kier molecular flexibility index (Phi) is 5.45. The highest BCUT2D eigenvalue weighted by atomic mass is 16.5. The average Bonchev–Trinajstić information content (AvgIpc) is 2.29. The molecule has 0 amide bonds. The zero-order valence-electron chi connectivity index (χ0n) is 12.8. The molecule has 0 aliphatic heterocycles. The van der Waals surface area contributed by atoms with Crippen LogP contribution in [0.25, 0.3) is 0 Å². The summed E-state index contributed by atoms with van der Waals surface area (Å²) in [6.45, 7) is 11.3. The van der Waals surface area contributed by atoms with Crippen molar-refractivity contribution in [2.45, 2.75) is 53.0 Å². The lowest BCUT2D eigenvalue weighted by Crippen LogP contribution is -2.31. The van der Waals surface area contributed by atoms with Gasteiger partial charge in [-0.1, -0.05) is 27.2 Å². The summed E-state index contributed by atoms with van der Waals surface area (Å²) < 4.78 is 5.64. The van der Waals surface area contributed by atoms with Crippen LogP contribution in [0, 0.1) is 5.92 Å². The summed E-state index contributed by atoms with van der Waals surface area (Å²) in [5, 5.41) is 3.43. The van der Waals surface area contributed by atoms with E-state index in [9.17, 15) is 0 Å². The molecule has 0 saturated heterocycles. The number of pyridine rings is 1. The molecule has 0 atom stereocenters. The maximum Gasteiger partial charge on any atom is 0.239 e. The van der Waals surface area contributed by atoms with Crippen LogP contribution in [0.1, 0.15) is 47.5 Å². The average molecular weight is 265 g/mol. The normalized spacial score (nSPS) is 11.7. The Labute approximate surface area is 116 Å². The first-order valence-electron chi connectivity index (χ1n) is 7.01. The quantitative estimate of drug-likeness (QED) is 0.789. The Morgan fingerprint density at radius 2 is 2.05 bits per heavy atom. The minimum absolute atomic E-state index is 0.0210. The number of nitrogens with two attached hydrogens (primary N) is 1. The van der Waals surface area contributed by atoms with E-state index in [1.807, 2.05) is 12.1 Å². The number of anilines is 2. The van der Waals surface area contributed by atoms with Crippen LogP contribution in [0.5, 0.6) is 5.88 Å². The number of rotatable bonds is 7. The number of hydrogen-bond acceptors (Lipinski definition) is 4. The van der Waals surface area contributed by atoms with Crippen molar-refractivity contribution in [1.82, 2.24) is 4.98 Å². The van der Waals surface area contributed by atoms with Gasteiger partial charge in [-0.15, -0.1) is 0 Å². The maximum atomic E-state index is 5.88. The van der Waals surface area contributed by atoms with Gasteiger partial charge >= 0.3 is 0 Å². The monoisotopic (exact) mass is 265 g/mol. The highest BCUT2D eigenvalue weighted by Gasteiger charge is 2.17. The SMILES string of the molecule is CCCC(C)(C)Nc1ccc(N)c(OCC(C)C)n1. The van der Waals surface area contributed by atoms with Crippen molar-refractivity contribution >= 4 is 11.5 Å². The lowest BCUT2D eigenvalue weighted by molar-refractivity contribution is 0.263. The van der Waals surface area contributed by atoms with Gasteiger partial charge in [-0.2, -0.15) is 4.98 Å². The molecule has 108 valence electrons. The van der Waals surface area contributed by atoms with Gasteiger partial charge in [0.1, 0.15) is 5.82 Å². The highest BCUT2D eigenvalue weighted by Crippen LogP contribution is 2.24. The van der Waals surface area contributed by atoms with E-state index < -0.39 is 0 Å². The van der Waals surface area contributed by atoms with E-state index in [0.29, 0.717) is 24.1 Å². The van der Waals surface area contributed by atoms with Crippen molar-refractivity contribution in [3.8, 4) is 5.88 Å². The van der Waals surface area contributed by atoms with Crippen molar-refractivity contribution in [1.29, 1.82) is 0 Å². The van der Waals surface area contributed by atoms with Gasteiger partial charge in [0.15, 0.2) is 0 Å². The fraction of sp³-hybridized carbons (Fsp3) is 0.667. The molecule has 0 fully saturated rings. The van der Waals surface area contributed by atoms with Crippen molar-refractivity contribution < 1.29 is 4.74 Å². The van der Waals surface area contributed by atoms with Crippen LogP contribution in [0.3, 0.4) is 0 Å². The summed E-state index contributed by atoms with van der Waals surface area (Å²) >= 11 is 0. The minimum Gasteiger partial charge on any atom is -0.476 e. The predicted octanol–water partition coefficient (Wildman–Crippen LogP) is 3.69. The second kappa shape index (κ2) is 6.64. The molecule has 0 aromatic carbocycles. The van der Waals surface area contributed by atoms with E-state index in [1.165, 1.54) is 0 Å². The van der Waals surface area contributed by atoms with Crippen molar-refractivity contribution in [3.05, 3.63) is 12.1 Å². The summed E-state index contributed by atoms with van der Waals surface area (Å²) in [7, 11) is 0. The molecule has 1 heterocycles. The van der Waals surface area contributed by atoms with E-state index in [2.05, 4.69) is 44.9 Å². The lowest BCUT2D eigenvalue weighted by atomic mass is 9.99. The van der Waals surface area contributed by atoms with Gasteiger partial charge < -0.3 is 15.8 Å². The number of nitrogens with one attached hydrogen (secondary N) is 1. The van der Waals surface area contributed by atoms with Gasteiger partial charge in [-0.25, -0.2) is 0 Å². The Bertz CT molecular complexity index is 402. The maximum absolute atomic E-state index is 5.88. The molecule has 0 unspecified atom stereocenters. The first-order valence-corrected chi connectivity index (χ1v) is 7.01. The van der Waals surface area contributed by atoms with Gasteiger partial charge in [0, 0.05) is 5.54 Å². The van der Waals surface area contributed by atoms with E-state index in [-0.39, 0.29) is 5.54 Å². The fourth-order valence-electron chi connectivity index (χ4n) is 1.92. The second-order valence-corrected chi connectivity index (χ2v) is 6.05. The molecule has 0 saturated carbocycles. The van der Waals surface area contributed by atoms with Crippen LogP contribution in [0.15, 0.2) is 12.1 Å². The zero-order chi connectivity index (χ0) is 14.5. The van der Waals surface area contributed by atoms with E-state index in [1.54, 1.807) is 0 Å². The van der Waals surface area contributed by atoms with Gasteiger partial charge in [-0.3, -0.25) is 0 Å². The zero-order valence-corrected chi connectivity index (χ0v) is 12.8. The van der Waals surface area contributed by atoms with Gasteiger partial charge in [-0.05, 0) is 38.3 Å². The third-order valence-corrected chi connectivity index (χ3v) is 2.78. The topological polar surface area (TPSA) is 60.2 Å². The van der Waals surface area contributed by atoms with E-state index in [0.717, 1.165) is 18.7 Å². The predicted molar refractivity (Wildman–Crippen MR) is 81.6 cm³/mol. The molecule has 1 aromatic heterocycles. The fourth-order valence-corrected chi connectivity index (χ4v) is 1.92. The van der Waals surface area contributed by atoms with Crippen LogP contribution in [-0.4, -0.2) is 17.1 Å². The Morgan fingerprint density at radius 1 is 1.37 bits per heavy atom. The van der Waals surface area contributed by atoms with Crippen LogP contribution in [0.2, 0.25) is 0 Å². The molecule has 1 rings (SSSR count). The van der Waals surface area contributed by atoms with Crippen molar-refractivity contribution in [3.63, 3.8) is 0 Å². The number of hydrogen-bond donors (Lipinski definition) is 2. The molecule has 0 aliphatic rings. The number of aromatic nitrogens is 1. The molecule has 0 bridgehead atoms. The standard InChI is InChI=1S/C15H27N3O/c1-6-9-15(4,5)18-13-8-7-12(16)14(17-13)19-10-11(2)3/h7-8,11H,6,9-10,16H2,1-5H3,(H,17,18). The van der Waals surface area contributed by atoms with Gasteiger partial charge in [0.25, 0.3) is 0 Å². The number of ether oxygens (including phenoxy) is 1. The summed E-state index contributed by atoms with van der Waals surface area (Å²) in [5.41, 5.74) is 6.49. The van der Waals surface area contributed by atoms with Crippen molar-refractivity contribution in [2.24, 2.45) is 5.92 Å². The van der Waals surface area contributed by atoms with Crippen LogP contribution in [-0.2, 0) is 0 Å².